The minimum Gasteiger partial charge on any atom is -0.378 e. The van der Waals surface area contributed by atoms with Crippen LogP contribution in [0, 0.1) is 0 Å². The Morgan fingerprint density at radius 2 is 1.08 bits per heavy atom. The summed E-state index contributed by atoms with van der Waals surface area (Å²) < 4.78 is 0. The van der Waals surface area contributed by atoms with Gasteiger partial charge in [-0.25, -0.2) is 0 Å². The molecule has 6 heteroatoms. The Morgan fingerprint density at radius 1 is 0.708 bits per heavy atom. The SMILES string of the molecule is CN(C)c1ccc(/C=N/N=C/c2ccc(N(C)C)cc2Cl)c(Cl)c1. The monoisotopic (exact) mass is 362 g/mol. The maximum Gasteiger partial charge on any atom is 0.0583 e. The number of anilines is 2. The van der Waals surface area contributed by atoms with Crippen molar-refractivity contribution in [2.45, 2.75) is 0 Å². The molecule has 4 nitrogen and oxygen atoms in total. The lowest BCUT2D eigenvalue weighted by molar-refractivity contribution is 1.13. The summed E-state index contributed by atoms with van der Waals surface area (Å²) >= 11 is 12.5. The summed E-state index contributed by atoms with van der Waals surface area (Å²) in [5.41, 5.74) is 3.70. The summed E-state index contributed by atoms with van der Waals surface area (Å²) in [5.74, 6) is 0. The second-order valence-corrected chi connectivity index (χ2v) is 6.50. The Kier molecular flexibility index (Phi) is 6.23. The fraction of sp³-hybridized carbons (Fsp3) is 0.222. The first-order valence-electron chi connectivity index (χ1n) is 7.38. The van der Waals surface area contributed by atoms with Crippen LogP contribution in [0.2, 0.25) is 10.0 Å². The number of benzene rings is 2. The Hall–Kier alpha value is -2.04. The van der Waals surface area contributed by atoms with Crippen LogP contribution in [0.5, 0.6) is 0 Å². The summed E-state index contributed by atoms with van der Waals surface area (Å²) in [5, 5.41) is 9.36. The Balaban J connectivity index is 2.10. The van der Waals surface area contributed by atoms with Gasteiger partial charge in [0, 0.05) is 50.7 Å². The van der Waals surface area contributed by atoms with Crippen LogP contribution in [0.4, 0.5) is 11.4 Å². The van der Waals surface area contributed by atoms with Gasteiger partial charge in [-0.15, -0.1) is 0 Å². The maximum absolute atomic E-state index is 6.25. The molecule has 0 radical (unpaired) electrons. The first kappa shape index (κ1) is 18.3. The highest BCUT2D eigenvalue weighted by Crippen LogP contribution is 2.22. The van der Waals surface area contributed by atoms with E-state index >= 15 is 0 Å². The highest BCUT2D eigenvalue weighted by molar-refractivity contribution is 6.33. The zero-order valence-electron chi connectivity index (χ0n) is 14.2. The van der Waals surface area contributed by atoms with Crippen LogP contribution in [0.25, 0.3) is 0 Å². The van der Waals surface area contributed by atoms with E-state index in [2.05, 4.69) is 10.2 Å². The van der Waals surface area contributed by atoms with Gasteiger partial charge in [0.15, 0.2) is 0 Å². The summed E-state index contributed by atoms with van der Waals surface area (Å²) in [4.78, 5) is 3.98. The van der Waals surface area contributed by atoms with Gasteiger partial charge in [0.2, 0.25) is 0 Å². The first-order chi connectivity index (χ1) is 11.4. The fourth-order valence-corrected chi connectivity index (χ4v) is 2.44. The standard InChI is InChI=1S/C18H20Cl2N4/c1-23(2)15-7-5-13(17(19)9-15)11-21-22-12-14-6-8-16(24(3)4)10-18(14)20/h5-12H,1-4H3/b21-11+,22-12+. The minimum atomic E-state index is 0.633. The zero-order chi connectivity index (χ0) is 17.7. The van der Waals surface area contributed by atoms with Crippen LogP contribution in [0.1, 0.15) is 11.1 Å². The van der Waals surface area contributed by atoms with Crippen LogP contribution < -0.4 is 9.80 Å². The predicted molar refractivity (Wildman–Crippen MR) is 107 cm³/mol. The molecular weight excluding hydrogens is 343 g/mol. The van der Waals surface area contributed by atoms with E-state index in [1.54, 1.807) is 12.4 Å². The Bertz CT molecular complexity index is 702. The first-order valence-corrected chi connectivity index (χ1v) is 8.14. The second-order valence-electron chi connectivity index (χ2n) is 5.69. The highest BCUT2D eigenvalue weighted by atomic mass is 35.5. The summed E-state index contributed by atoms with van der Waals surface area (Å²) in [6, 6.07) is 11.6. The molecule has 0 spiro atoms. The quantitative estimate of drug-likeness (QED) is 0.575. The predicted octanol–water partition coefficient (Wildman–Crippen LogP) is 4.58. The molecule has 0 bridgehead atoms. The van der Waals surface area contributed by atoms with Crippen LogP contribution >= 0.6 is 23.2 Å². The largest absolute Gasteiger partial charge is 0.378 e. The van der Waals surface area contributed by atoms with E-state index in [4.69, 9.17) is 23.2 Å². The number of hydrogen-bond acceptors (Lipinski definition) is 4. The van der Waals surface area contributed by atoms with Crippen LogP contribution in [0.3, 0.4) is 0 Å². The third-order valence-electron chi connectivity index (χ3n) is 3.46. The molecule has 2 aromatic carbocycles. The lowest BCUT2D eigenvalue weighted by Gasteiger charge is -2.13. The van der Waals surface area contributed by atoms with E-state index in [1.165, 1.54) is 0 Å². The van der Waals surface area contributed by atoms with Crippen molar-refractivity contribution in [3.8, 4) is 0 Å². The van der Waals surface area contributed by atoms with E-state index in [-0.39, 0.29) is 0 Å². The second kappa shape index (κ2) is 8.18. The highest BCUT2D eigenvalue weighted by Gasteiger charge is 2.02. The molecule has 0 aliphatic rings. The molecule has 0 saturated heterocycles. The lowest BCUT2D eigenvalue weighted by atomic mass is 10.2. The molecule has 24 heavy (non-hydrogen) atoms. The van der Waals surface area contributed by atoms with Gasteiger partial charge in [0.1, 0.15) is 0 Å². The third kappa shape index (κ3) is 4.73. The number of nitrogens with zero attached hydrogens (tertiary/aromatic N) is 4. The van der Waals surface area contributed by atoms with Crippen molar-refractivity contribution >= 4 is 47.0 Å². The van der Waals surface area contributed by atoms with Gasteiger partial charge in [-0.2, -0.15) is 10.2 Å². The van der Waals surface area contributed by atoms with Crippen molar-refractivity contribution in [3.63, 3.8) is 0 Å². The molecule has 0 unspecified atom stereocenters. The van der Waals surface area contributed by atoms with Crippen LogP contribution in [-0.2, 0) is 0 Å². The average molecular weight is 363 g/mol. The Morgan fingerprint density at radius 3 is 1.38 bits per heavy atom. The van der Waals surface area contributed by atoms with Crippen LogP contribution in [-0.4, -0.2) is 40.6 Å². The van der Waals surface area contributed by atoms with Gasteiger partial charge < -0.3 is 9.80 Å². The molecule has 126 valence electrons. The molecule has 0 N–H and O–H groups in total. The molecule has 2 aromatic rings. The zero-order valence-corrected chi connectivity index (χ0v) is 15.7. The smallest absolute Gasteiger partial charge is 0.0583 e. The molecule has 0 aromatic heterocycles. The molecule has 0 fully saturated rings. The van der Waals surface area contributed by atoms with Crippen molar-refractivity contribution in [2.24, 2.45) is 10.2 Å². The van der Waals surface area contributed by atoms with Gasteiger partial charge in [-0.3, -0.25) is 0 Å². The van der Waals surface area contributed by atoms with Crippen molar-refractivity contribution in [2.75, 3.05) is 38.0 Å². The third-order valence-corrected chi connectivity index (χ3v) is 4.12. The van der Waals surface area contributed by atoms with Crippen molar-refractivity contribution in [3.05, 3.63) is 57.6 Å². The number of rotatable bonds is 5. The van der Waals surface area contributed by atoms with Crippen molar-refractivity contribution in [1.29, 1.82) is 0 Å². The molecule has 0 atom stereocenters. The van der Waals surface area contributed by atoms with Gasteiger partial charge in [0.05, 0.1) is 22.5 Å². The maximum atomic E-state index is 6.25. The summed E-state index contributed by atoms with van der Waals surface area (Å²) in [6.07, 6.45) is 3.25. The van der Waals surface area contributed by atoms with Crippen molar-refractivity contribution in [1.82, 2.24) is 0 Å². The molecular formula is C18H20Cl2N4. The molecule has 0 heterocycles. The van der Waals surface area contributed by atoms with E-state index in [9.17, 15) is 0 Å². The molecule has 2 rings (SSSR count). The van der Waals surface area contributed by atoms with Gasteiger partial charge in [0.25, 0.3) is 0 Å². The minimum absolute atomic E-state index is 0.633. The average Bonchev–Trinajstić information content (AvgIpc) is 2.53. The van der Waals surface area contributed by atoms with Gasteiger partial charge in [-0.1, -0.05) is 23.2 Å². The molecule has 0 aliphatic heterocycles. The Labute approximate surface area is 153 Å². The van der Waals surface area contributed by atoms with E-state index < -0.39 is 0 Å². The normalized spacial score (nSPS) is 11.4. The molecule has 0 amide bonds. The summed E-state index contributed by atoms with van der Waals surface area (Å²) in [7, 11) is 7.87. The van der Waals surface area contributed by atoms with Crippen molar-refractivity contribution < 1.29 is 0 Å². The number of halogens is 2. The molecule has 0 aliphatic carbocycles. The van der Waals surface area contributed by atoms with E-state index in [1.807, 2.05) is 74.4 Å². The van der Waals surface area contributed by atoms with Gasteiger partial charge >= 0.3 is 0 Å². The van der Waals surface area contributed by atoms with Crippen LogP contribution in [0.15, 0.2) is 46.6 Å². The number of hydrogen-bond donors (Lipinski definition) is 0. The van der Waals surface area contributed by atoms with Gasteiger partial charge in [-0.05, 0) is 36.4 Å². The summed E-state index contributed by atoms with van der Waals surface area (Å²) in [6.45, 7) is 0. The van der Waals surface area contributed by atoms with E-state index in [0.29, 0.717) is 10.0 Å². The molecule has 0 saturated carbocycles. The van der Waals surface area contributed by atoms with E-state index in [0.717, 1.165) is 22.5 Å². The lowest BCUT2D eigenvalue weighted by Crippen LogP contribution is -2.08. The fourth-order valence-electron chi connectivity index (χ4n) is 1.99. The topological polar surface area (TPSA) is 31.2 Å².